The maximum atomic E-state index is 13.0. The van der Waals surface area contributed by atoms with Crippen molar-refractivity contribution < 1.29 is 49.4 Å². The molecule has 0 spiro atoms. The Morgan fingerprint density at radius 2 is 1.56 bits per heavy atom. The van der Waals surface area contributed by atoms with E-state index >= 15 is 0 Å². The number of rotatable bonds is 9. The van der Waals surface area contributed by atoms with E-state index in [1.165, 1.54) is 0 Å². The average Bonchev–Trinajstić information content (AvgIpc) is 2.20. The molecule has 0 rings (SSSR count). The molecule has 0 aliphatic heterocycles. The Bertz CT molecular complexity index is 302. The number of hydrogen-bond acceptors (Lipinski definition) is 3. The molecule has 3 atom stereocenters. The van der Waals surface area contributed by atoms with Gasteiger partial charge >= 0.3 is 18.9 Å². The van der Waals surface area contributed by atoms with Crippen molar-refractivity contribution in [3.05, 3.63) is 0 Å². The summed E-state index contributed by atoms with van der Waals surface area (Å²) in [7, 11) is -4.91. The molecule has 0 aliphatic carbocycles. The minimum absolute atomic E-state index is 0. The minimum Gasteiger partial charge on any atom is -0.748 e. The molecule has 0 saturated carbocycles. The fraction of sp³-hybridized carbons (Fsp3) is 1.00. The first-order chi connectivity index (χ1) is 7.78. The van der Waals surface area contributed by atoms with Gasteiger partial charge in [0.25, 0.3) is 0 Å². The van der Waals surface area contributed by atoms with Crippen LogP contribution in [0.5, 0.6) is 0 Å². The molecule has 18 heavy (non-hydrogen) atoms. The number of halogens is 4. The molecule has 0 aromatic carbocycles. The van der Waals surface area contributed by atoms with Crippen LogP contribution in [-0.2, 0) is 10.1 Å². The van der Waals surface area contributed by atoms with Gasteiger partial charge in [0.05, 0.1) is 22.5 Å². The zero-order chi connectivity index (χ0) is 13.5. The van der Waals surface area contributed by atoms with E-state index in [0.29, 0.717) is 6.42 Å². The smallest absolute Gasteiger partial charge is 0.748 e. The van der Waals surface area contributed by atoms with Crippen LogP contribution in [-0.4, -0.2) is 43.9 Å². The molecule has 3 nitrogen and oxygen atoms in total. The van der Waals surface area contributed by atoms with Crippen LogP contribution in [0.15, 0.2) is 0 Å². The fourth-order valence-corrected chi connectivity index (χ4v) is 1.86. The van der Waals surface area contributed by atoms with Gasteiger partial charge in [0.15, 0.2) is 6.17 Å². The van der Waals surface area contributed by atoms with E-state index in [0.717, 1.165) is 0 Å². The van der Waals surface area contributed by atoms with E-state index in [1.807, 2.05) is 0 Å². The van der Waals surface area contributed by atoms with Crippen molar-refractivity contribution >= 4 is 10.1 Å². The van der Waals surface area contributed by atoms with Gasteiger partial charge in [0.1, 0.15) is 12.3 Å². The van der Waals surface area contributed by atoms with Gasteiger partial charge in [0.2, 0.25) is 0 Å². The monoisotopic (exact) mass is 286 g/mol. The summed E-state index contributed by atoms with van der Waals surface area (Å²) in [5.74, 6) is -1.57. The Kier molecular flexibility index (Phi) is 11.5. The van der Waals surface area contributed by atoms with E-state index < -0.39 is 41.1 Å². The van der Waals surface area contributed by atoms with Crippen molar-refractivity contribution in [3.8, 4) is 0 Å². The normalized spacial score (nSPS) is 16.7. The number of hydrogen-bond donors (Lipinski definition) is 0. The zero-order valence-corrected chi connectivity index (χ0v) is 10.9. The molecular formula is C9H15F4LiO3S. The van der Waals surface area contributed by atoms with Crippen LogP contribution in [0.1, 0.15) is 25.7 Å². The summed E-state index contributed by atoms with van der Waals surface area (Å²) in [4.78, 5) is 0. The van der Waals surface area contributed by atoms with Crippen molar-refractivity contribution in [1.29, 1.82) is 0 Å². The van der Waals surface area contributed by atoms with E-state index in [1.54, 1.807) is 0 Å². The van der Waals surface area contributed by atoms with Gasteiger partial charge in [0, 0.05) is 0 Å². The predicted octanol–water partition coefficient (Wildman–Crippen LogP) is -0.920. The van der Waals surface area contributed by atoms with E-state index in [4.69, 9.17) is 0 Å². The topological polar surface area (TPSA) is 57.2 Å². The van der Waals surface area contributed by atoms with Gasteiger partial charge in [-0.25, -0.2) is 21.6 Å². The minimum atomic E-state index is -4.91. The Hall–Kier alpha value is 0.227. The third-order valence-corrected chi connectivity index (χ3v) is 2.89. The zero-order valence-electron chi connectivity index (χ0n) is 10.1. The van der Waals surface area contributed by atoms with Gasteiger partial charge in [-0.15, -0.1) is 0 Å². The summed E-state index contributed by atoms with van der Waals surface area (Å²) < 4.78 is 81.0. The number of unbranched alkanes of at least 4 members (excludes halogenated alkanes) is 2. The number of alkyl halides is 4. The molecule has 0 fully saturated rings. The summed E-state index contributed by atoms with van der Waals surface area (Å²) in [5.41, 5.74) is 0. The molecule has 3 unspecified atom stereocenters. The first-order valence-electron chi connectivity index (χ1n) is 5.19. The third-order valence-electron chi connectivity index (χ3n) is 2.17. The van der Waals surface area contributed by atoms with Gasteiger partial charge in [-0.05, 0) is 12.8 Å². The maximum Gasteiger partial charge on any atom is 1.00 e. The van der Waals surface area contributed by atoms with Crippen LogP contribution in [0.3, 0.4) is 0 Å². The van der Waals surface area contributed by atoms with Crippen LogP contribution in [0, 0.1) is 0 Å². The molecule has 0 bridgehead atoms. The van der Waals surface area contributed by atoms with Crippen LogP contribution in [0.25, 0.3) is 0 Å². The van der Waals surface area contributed by atoms with Crippen LogP contribution in [0.4, 0.5) is 17.6 Å². The van der Waals surface area contributed by atoms with Crippen LogP contribution >= 0.6 is 0 Å². The van der Waals surface area contributed by atoms with Crippen molar-refractivity contribution in [1.82, 2.24) is 0 Å². The molecule has 9 heteroatoms. The summed E-state index contributed by atoms with van der Waals surface area (Å²) in [5, 5.41) is 0. The Morgan fingerprint density at radius 3 is 2.00 bits per heavy atom. The largest absolute Gasteiger partial charge is 1.00 e. The molecule has 0 amide bonds. The molecular weight excluding hydrogens is 271 g/mol. The Morgan fingerprint density at radius 1 is 1.00 bits per heavy atom. The van der Waals surface area contributed by atoms with Crippen LogP contribution in [0.2, 0.25) is 0 Å². The quantitative estimate of drug-likeness (QED) is 0.238. The Labute approximate surface area is 116 Å². The summed E-state index contributed by atoms with van der Waals surface area (Å²) >= 11 is 0. The second-order valence-electron chi connectivity index (χ2n) is 3.74. The van der Waals surface area contributed by atoms with E-state index in [-0.39, 0.29) is 38.1 Å². The third kappa shape index (κ3) is 10.2. The first-order valence-corrected chi connectivity index (χ1v) is 6.77. The van der Waals surface area contributed by atoms with E-state index in [9.17, 15) is 30.5 Å². The van der Waals surface area contributed by atoms with Crippen molar-refractivity contribution in [3.63, 3.8) is 0 Å². The Balaban J connectivity index is 0. The molecule has 0 radical (unpaired) electrons. The first kappa shape index (κ1) is 20.5. The molecule has 104 valence electrons. The van der Waals surface area contributed by atoms with Gasteiger partial charge in [-0.3, -0.25) is 4.39 Å². The molecule has 0 saturated heterocycles. The summed E-state index contributed by atoms with van der Waals surface area (Å²) in [6.45, 7) is -0.559. The maximum absolute atomic E-state index is 13.0. The standard InChI is InChI=1S/C9H16F4O3S.Li/c10-5-3-1-2-4-7(11)9(13)8(12)6-17(14,15)16;/h7-9H,1-6H2,(H,14,15,16);/q;+1/p-1. The van der Waals surface area contributed by atoms with Crippen molar-refractivity contribution in [2.24, 2.45) is 0 Å². The average molecular weight is 286 g/mol. The SMILES string of the molecule is O=S(=O)([O-])CC(F)C(F)C(F)CCCCCF.[Li+]. The van der Waals surface area contributed by atoms with Gasteiger partial charge in [-0.2, -0.15) is 0 Å². The second-order valence-corrected chi connectivity index (χ2v) is 5.19. The molecule has 0 aromatic heterocycles. The molecule has 0 aliphatic rings. The van der Waals surface area contributed by atoms with Gasteiger partial charge < -0.3 is 4.55 Å². The van der Waals surface area contributed by atoms with Crippen molar-refractivity contribution in [2.75, 3.05) is 12.4 Å². The summed E-state index contributed by atoms with van der Waals surface area (Å²) in [6.07, 6.45) is -7.04. The van der Waals surface area contributed by atoms with Crippen LogP contribution < -0.4 is 18.9 Å². The fourth-order valence-electron chi connectivity index (χ4n) is 1.28. The summed E-state index contributed by atoms with van der Waals surface area (Å²) in [6, 6.07) is 0. The molecule has 0 heterocycles. The van der Waals surface area contributed by atoms with E-state index in [2.05, 4.69) is 0 Å². The predicted molar refractivity (Wildman–Crippen MR) is 53.7 cm³/mol. The second kappa shape index (κ2) is 10.1. The molecule has 0 aromatic rings. The van der Waals surface area contributed by atoms with Crippen molar-refractivity contribution in [2.45, 2.75) is 44.2 Å². The molecule has 0 N–H and O–H groups in total. The van der Waals surface area contributed by atoms with Gasteiger partial charge in [-0.1, -0.05) is 12.8 Å².